The smallest absolute Gasteiger partial charge is 0.423 e. The SMILES string of the molecule is CCCCCc1cc(O)c([C@@H]2C[C@H](C)CC[C@H]2C(C)C)c(OC(=O)C(=O)Oc2cc(CCCCC)cc(O)c2[C@@H]2C[C@H](C)CC[C@H]2C(C)C)c1. The number of aromatic hydroxyl groups is 2. The van der Waals surface area contributed by atoms with Gasteiger partial charge in [0.1, 0.15) is 23.0 Å². The molecule has 2 aromatic carbocycles. The summed E-state index contributed by atoms with van der Waals surface area (Å²) in [4.78, 5) is 27.5. The van der Waals surface area contributed by atoms with E-state index < -0.39 is 11.9 Å². The summed E-state index contributed by atoms with van der Waals surface area (Å²) in [6.07, 6.45) is 13.8. The number of hydrogen-bond donors (Lipinski definition) is 2. The minimum atomic E-state index is -1.11. The van der Waals surface area contributed by atoms with E-state index >= 15 is 0 Å². The maximum Gasteiger partial charge on any atom is 0.423 e. The average Bonchev–Trinajstić information content (AvgIpc) is 3.04. The van der Waals surface area contributed by atoms with Gasteiger partial charge in [-0.3, -0.25) is 0 Å². The molecule has 6 nitrogen and oxygen atoms in total. The Morgan fingerprint density at radius 3 is 1.36 bits per heavy atom. The van der Waals surface area contributed by atoms with Crippen molar-refractivity contribution in [2.24, 2.45) is 35.5 Å². The number of esters is 2. The molecule has 0 saturated heterocycles. The lowest BCUT2D eigenvalue weighted by atomic mass is 9.67. The van der Waals surface area contributed by atoms with Crippen molar-refractivity contribution in [2.45, 2.75) is 157 Å². The number of phenols is 2. The number of aryl methyl sites for hydroxylation is 2. The molecule has 278 valence electrons. The number of ether oxygens (including phenoxy) is 2. The number of carbonyl (C=O) groups excluding carboxylic acids is 2. The molecular formula is C44H66O6. The van der Waals surface area contributed by atoms with Crippen LogP contribution >= 0.6 is 0 Å². The van der Waals surface area contributed by atoms with Crippen LogP contribution in [0.3, 0.4) is 0 Å². The van der Waals surface area contributed by atoms with Gasteiger partial charge < -0.3 is 19.7 Å². The van der Waals surface area contributed by atoms with E-state index in [0.29, 0.717) is 46.6 Å². The molecule has 0 unspecified atom stereocenters. The lowest BCUT2D eigenvalue weighted by molar-refractivity contribution is -0.156. The van der Waals surface area contributed by atoms with Gasteiger partial charge in [0.15, 0.2) is 0 Å². The summed E-state index contributed by atoms with van der Waals surface area (Å²) in [5.41, 5.74) is 3.03. The number of carbonyl (C=O) groups is 2. The molecule has 2 aliphatic rings. The molecule has 50 heavy (non-hydrogen) atoms. The van der Waals surface area contributed by atoms with Gasteiger partial charge in [-0.2, -0.15) is 0 Å². The molecular weight excluding hydrogens is 624 g/mol. The lowest BCUT2D eigenvalue weighted by Crippen LogP contribution is -2.30. The summed E-state index contributed by atoms with van der Waals surface area (Å²) in [6, 6.07) is 7.36. The third-order valence-corrected chi connectivity index (χ3v) is 11.9. The molecule has 6 atom stereocenters. The number of rotatable bonds is 14. The van der Waals surface area contributed by atoms with Crippen LogP contribution in [-0.2, 0) is 22.4 Å². The Hall–Kier alpha value is -3.02. The highest BCUT2D eigenvalue weighted by atomic mass is 16.6. The van der Waals surface area contributed by atoms with E-state index in [0.717, 1.165) is 101 Å². The van der Waals surface area contributed by atoms with Crippen molar-refractivity contribution in [3.05, 3.63) is 46.5 Å². The Balaban J connectivity index is 1.70. The van der Waals surface area contributed by atoms with Gasteiger partial charge in [0, 0.05) is 11.1 Å². The van der Waals surface area contributed by atoms with Crippen molar-refractivity contribution >= 4 is 11.9 Å². The van der Waals surface area contributed by atoms with Crippen LogP contribution in [-0.4, -0.2) is 22.2 Å². The first-order valence-corrected chi connectivity index (χ1v) is 20.0. The predicted octanol–water partition coefficient (Wildman–Crippen LogP) is 11.4. The topological polar surface area (TPSA) is 93.1 Å². The second kappa shape index (κ2) is 18.5. The van der Waals surface area contributed by atoms with Gasteiger partial charge in [-0.25, -0.2) is 9.59 Å². The summed E-state index contributed by atoms with van der Waals surface area (Å²) in [6.45, 7) is 17.6. The summed E-state index contributed by atoms with van der Waals surface area (Å²) in [5.74, 6) is 0.951. The van der Waals surface area contributed by atoms with Gasteiger partial charge in [0.05, 0.1) is 0 Å². The van der Waals surface area contributed by atoms with E-state index in [4.69, 9.17) is 9.47 Å². The molecule has 0 aromatic heterocycles. The van der Waals surface area contributed by atoms with Crippen molar-refractivity contribution in [3.63, 3.8) is 0 Å². The normalized spacial score (nSPS) is 24.0. The molecule has 2 N–H and O–H groups in total. The van der Waals surface area contributed by atoms with Gasteiger partial charge in [0.2, 0.25) is 0 Å². The zero-order valence-electron chi connectivity index (χ0n) is 32.4. The highest BCUT2D eigenvalue weighted by Crippen LogP contribution is 2.51. The zero-order chi connectivity index (χ0) is 36.5. The van der Waals surface area contributed by atoms with Crippen LogP contribution in [0.15, 0.2) is 24.3 Å². The fraction of sp³-hybridized carbons (Fsp3) is 0.682. The molecule has 2 fully saturated rings. The molecule has 6 heteroatoms. The first-order chi connectivity index (χ1) is 23.8. The summed E-state index contributed by atoms with van der Waals surface area (Å²) >= 11 is 0. The fourth-order valence-electron chi connectivity index (χ4n) is 9.05. The van der Waals surface area contributed by atoms with Crippen molar-refractivity contribution in [1.29, 1.82) is 0 Å². The van der Waals surface area contributed by atoms with E-state index in [-0.39, 0.29) is 34.8 Å². The van der Waals surface area contributed by atoms with E-state index in [1.807, 2.05) is 24.3 Å². The Morgan fingerprint density at radius 1 is 0.640 bits per heavy atom. The highest BCUT2D eigenvalue weighted by molar-refractivity contribution is 6.31. The first-order valence-electron chi connectivity index (χ1n) is 20.0. The van der Waals surface area contributed by atoms with Crippen LogP contribution in [0, 0.1) is 35.5 Å². The molecule has 0 radical (unpaired) electrons. The largest absolute Gasteiger partial charge is 0.508 e. The summed E-state index contributed by atoms with van der Waals surface area (Å²) in [7, 11) is 0. The molecule has 2 saturated carbocycles. The highest BCUT2D eigenvalue weighted by Gasteiger charge is 2.38. The molecule has 0 aliphatic heterocycles. The van der Waals surface area contributed by atoms with Crippen molar-refractivity contribution in [1.82, 2.24) is 0 Å². The predicted molar refractivity (Wildman–Crippen MR) is 202 cm³/mol. The van der Waals surface area contributed by atoms with Crippen molar-refractivity contribution < 1.29 is 29.3 Å². The number of phenolic OH excluding ortho intramolecular Hbond substituents is 2. The van der Waals surface area contributed by atoms with Crippen LogP contribution in [0.4, 0.5) is 0 Å². The van der Waals surface area contributed by atoms with Crippen LogP contribution < -0.4 is 9.47 Å². The van der Waals surface area contributed by atoms with Crippen molar-refractivity contribution in [3.8, 4) is 23.0 Å². The molecule has 4 rings (SSSR count). The lowest BCUT2D eigenvalue weighted by Gasteiger charge is -2.38. The van der Waals surface area contributed by atoms with E-state index in [9.17, 15) is 19.8 Å². The zero-order valence-corrected chi connectivity index (χ0v) is 32.4. The first kappa shape index (κ1) is 39.8. The second-order valence-electron chi connectivity index (χ2n) is 16.6. The third-order valence-electron chi connectivity index (χ3n) is 11.9. The molecule has 0 bridgehead atoms. The van der Waals surface area contributed by atoms with E-state index in [1.54, 1.807) is 0 Å². The Kier molecular flexibility index (Phi) is 14.7. The minimum absolute atomic E-state index is 0.00636. The summed E-state index contributed by atoms with van der Waals surface area (Å²) < 4.78 is 12.0. The number of hydrogen-bond acceptors (Lipinski definition) is 6. The number of benzene rings is 2. The van der Waals surface area contributed by atoms with E-state index in [1.165, 1.54) is 0 Å². The van der Waals surface area contributed by atoms with Crippen LogP contribution in [0.1, 0.15) is 167 Å². The van der Waals surface area contributed by atoms with Crippen LogP contribution in [0.2, 0.25) is 0 Å². The summed E-state index contributed by atoms with van der Waals surface area (Å²) in [5, 5.41) is 23.1. The molecule has 0 heterocycles. The van der Waals surface area contributed by atoms with Crippen LogP contribution in [0.25, 0.3) is 0 Å². The van der Waals surface area contributed by atoms with Gasteiger partial charge in [-0.1, -0.05) is 93.9 Å². The van der Waals surface area contributed by atoms with Crippen molar-refractivity contribution in [2.75, 3.05) is 0 Å². The van der Waals surface area contributed by atoms with Gasteiger partial charge in [-0.15, -0.1) is 0 Å². The van der Waals surface area contributed by atoms with E-state index in [2.05, 4.69) is 55.4 Å². The standard InChI is InChI=1S/C44H66O6/c1-9-11-13-15-31-23-37(45)41(35-21-29(7)17-19-33(35)27(3)4)39(25-31)49-43(47)44(48)50-40-26-32(16-14-12-10-2)24-38(46)42(40)36-22-30(8)18-20-34(36)28(5)6/h23-30,33-36,45-46H,9-22H2,1-8H3/t29-,30-,33+,34+,35-,36-/m1/s1. The Morgan fingerprint density at radius 2 is 1.02 bits per heavy atom. The molecule has 0 spiro atoms. The third kappa shape index (κ3) is 10.1. The minimum Gasteiger partial charge on any atom is -0.508 e. The van der Waals surface area contributed by atoms with Gasteiger partial charge >= 0.3 is 11.9 Å². The second-order valence-corrected chi connectivity index (χ2v) is 16.6. The maximum atomic E-state index is 13.8. The molecule has 2 aromatic rings. The molecule has 2 aliphatic carbocycles. The molecule has 0 amide bonds. The quantitative estimate of drug-likeness (QED) is 0.0887. The Bertz CT molecular complexity index is 1320. The average molecular weight is 691 g/mol. The van der Waals surface area contributed by atoms with Gasteiger partial charge in [-0.05, 0) is 134 Å². The van der Waals surface area contributed by atoms with Gasteiger partial charge in [0.25, 0.3) is 0 Å². The number of unbranched alkanes of at least 4 members (excludes halogenated alkanes) is 4. The Labute approximate surface area is 302 Å². The maximum absolute atomic E-state index is 13.8. The van der Waals surface area contributed by atoms with Crippen LogP contribution in [0.5, 0.6) is 23.0 Å². The fourth-order valence-corrected chi connectivity index (χ4v) is 9.05. The monoisotopic (exact) mass is 690 g/mol.